The van der Waals surface area contributed by atoms with E-state index in [1.165, 1.54) is 11.3 Å². The van der Waals surface area contributed by atoms with E-state index in [0.29, 0.717) is 17.0 Å². The van der Waals surface area contributed by atoms with Crippen molar-refractivity contribution in [2.24, 2.45) is 0 Å². The molecule has 120 valence electrons. The predicted molar refractivity (Wildman–Crippen MR) is 96.3 cm³/mol. The van der Waals surface area contributed by atoms with E-state index in [0.717, 1.165) is 17.9 Å². The molecule has 0 fully saturated rings. The number of nitrogens with zero attached hydrogens (tertiary/aromatic N) is 4. The molecular formula is C18H16ClN5. The van der Waals surface area contributed by atoms with Crippen LogP contribution in [0.25, 0.3) is 0 Å². The summed E-state index contributed by atoms with van der Waals surface area (Å²) in [6, 6.07) is 16.2. The fourth-order valence-corrected chi connectivity index (χ4v) is 3.24. The smallest absolute Gasteiger partial charge is 0.249 e. The van der Waals surface area contributed by atoms with Crippen LogP contribution in [-0.4, -0.2) is 21.2 Å². The van der Waals surface area contributed by atoms with Gasteiger partial charge in [0.1, 0.15) is 0 Å². The molecule has 6 heteroatoms. The Morgan fingerprint density at radius 2 is 1.92 bits per heavy atom. The van der Waals surface area contributed by atoms with Gasteiger partial charge < -0.3 is 10.2 Å². The zero-order valence-electron chi connectivity index (χ0n) is 13.1. The summed E-state index contributed by atoms with van der Waals surface area (Å²) in [6.45, 7) is 2.18. The zero-order chi connectivity index (χ0) is 16.5. The molecule has 0 saturated carbocycles. The molecule has 4 rings (SSSR count). The first kappa shape index (κ1) is 14.9. The van der Waals surface area contributed by atoms with Crippen LogP contribution in [0.3, 0.4) is 0 Å². The number of fused-ring (bicyclic) bond motifs is 1. The zero-order valence-corrected chi connectivity index (χ0v) is 13.9. The minimum atomic E-state index is 0.326. The first-order valence-electron chi connectivity index (χ1n) is 7.81. The number of halogens is 1. The normalized spacial score (nSPS) is 16.1. The highest BCUT2D eigenvalue weighted by Gasteiger charge is 2.28. The standard InChI is InChI=1S/C18H16ClN5/c1-12-10-13-6-2-5-9-16(13)24(12)17-11-20-23-18(22-17)21-15-8-4-3-7-14(15)19/h2-9,11-12H,10H2,1H3,(H,21,22,23). The average Bonchev–Trinajstić information content (AvgIpc) is 2.93. The Labute approximate surface area is 145 Å². The van der Waals surface area contributed by atoms with Crippen molar-refractivity contribution in [3.05, 3.63) is 65.3 Å². The second-order valence-electron chi connectivity index (χ2n) is 5.79. The minimum absolute atomic E-state index is 0.326. The van der Waals surface area contributed by atoms with Gasteiger partial charge in [-0.3, -0.25) is 0 Å². The maximum atomic E-state index is 6.18. The molecule has 1 aliphatic heterocycles. The van der Waals surface area contributed by atoms with Crippen molar-refractivity contribution in [1.29, 1.82) is 0 Å². The molecule has 5 nitrogen and oxygen atoms in total. The third-order valence-electron chi connectivity index (χ3n) is 4.12. The maximum absolute atomic E-state index is 6.18. The lowest BCUT2D eigenvalue weighted by Gasteiger charge is -2.23. The molecule has 0 aliphatic carbocycles. The van der Waals surface area contributed by atoms with E-state index in [2.05, 4.69) is 50.5 Å². The second kappa shape index (κ2) is 6.09. The Morgan fingerprint density at radius 1 is 1.12 bits per heavy atom. The van der Waals surface area contributed by atoms with Crippen LogP contribution in [0.1, 0.15) is 12.5 Å². The summed E-state index contributed by atoms with van der Waals surface area (Å²) >= 11 is 6.18. The summed E-state index contributed by atoms with van der Waals surface area (Å²) in [5.41, 5.74) is 3.26. The van der Waals surface area contributed by atoms with E-state index >= 15 is 0 Å². The molecule has 3 aromatic rings. The van der Waals surface area contributed by atoms with Crippen LogP contribution >= 0.6 is 11.6 Å². The molecule has 24 heavy (non-hydrogen) atoms. The molecule has 1 aromatic heterocycles. The first-order valence-corrected chi connectivity index (χ1v) is 8.18. The van der Waals surface area contributed by atoms with Gasteiger partial charge in [-0.1, -0.05) is 41.9 Å². The van der Waals surface area contributed by atoms with E-state index in [-0.39, 0.29) is 0 Å². The Morgan fingerprint density at radius 3 is 2.79 bits per heavy atom. The molecule has 0 spiro atoms. The highest BCUT2D eigenvalue weighted by Crippen LogP contribution is 2.37. The third-order valence-corrected chi connectivity index (χ3v) is 4.45. The number of nitrogens with one attached hydrogen (secondary N) is 1. The maximum Gasteiger partial charge on any atom is 0.249 e. The highest BCUT2D eigenvalue weighted by molar-refractivity contribution is 6.33. The first-order chi connectivity index (χ1) is 11.7. The number of anilines is 4. The van der Waals surface area contributed by atoms with Crippen molar-refractivity contribution in [2.75, 3.05) is 10.2 Å². The second-order valence-corrected chi connectivity index (χ2v) is 6.20. The number of hydrogen-bond acceptors (Lipinski definition) is 5. The fourth-order valence-electron chi connectivity index (χ4n) is 3.06. The van der Waals surface area contributed by atoms with Gasteiger partial charge in [0.05, 0.1) is 16.9 Å². The van der Waals surface area contributed by atoms with Crippen LogP contribution in [0.2, 0.25) is 5.02 Å². The van der Waals surface area contributed by atoms with Crippen LogP contribution in [0.5, 0.6) is 0 Å². The number of hydrogen-bond donors (Lipinski definition) is 1. The van der Waals surface area contributed by atoms with Gasteiger partial charge in [-0.05, 0) is 37.1 Å². The molecule has 1 atom stereocenters. The van der Waals surface area contributed by atoms with Gasteiger partial charge in [-0.2, -0.15) is 10.1 Å². The largest absolute Gasteiger partial charge is 0.322 e. The van der Waals surface area contributed by atoms with Gasteiger partial charge in [0, 0.05) is 11.7 Å². The predicted octanol–water partition coefficient (Wildman–Crippen LogP) is 4.35. The summed E-state index contributed by atoms with van der Waals surface area (Å²) in [5.74, 6) is 1.20. The van der Waals surface area contributed by atoms with E-state index < -0.39 is 0 Å². The fraction of sp³-hybridized carbons (Fsp3) is 0.167. The SMILES string of the molecule is CC1Cc2ccccc2N1c1cnnc(Nc2ccccc2Cl)n1. The van der Waals surface area contributed by atoms with Crippen molar-refractivity contribution in [3.63, 3.8) is 0 Å². The van der Waals surface area contributed by atoms with Gasteiger partial charge in [0.2, 0.25) is 5.95 Å². The van der Waals surface area contributed by atoms with Crippen molar-refractivity contribution >= 4 is 34.7 Å². The van der Waals surface area contributed by atoms with Crippen LogP contribution in [0.15, 0.2) is 54.7 Å². The summed E-state index contributed by atoms with van der Waals surface area (Å²) in [4.78, 5) is 6.82. The number of para-hydroxylation sites is 2. The van der Waals surface area contributed by atoms with Gasteiger partial charge in [-0.15, -0.1) is 5.10 Å². The number of aromatic nitrogens is 3. The van der Waals surface area contributed by atoms with Gasteiger partial charge in [0.15, 0.2) is 5.82 Å². The van der Waals surface area contributed by atoms with Crippen molar-refractivity contribution in [2.45, 2.75) is 19.4 Å². The Hall–Kier alpha value is -2.66. The molecule has 2 aromatic carbocycles. The van der Waals surface area contributed by atoms with Crippen LogP contribution < -0.4 is 10.2 Å². The van der Waals surface area contributed by atoms with Gasteiger partial charge >= 0.3 is 0 Å². The van der Waals surface area contributed by atoms with Gasteiger partial charge in [-0.25, -0.2) is 0 Å². The molecule has 0 radical (unpaired) electrons. The van der Waals surface area contributed by atoms with Crippen molar-refractivity contribution in [3.8, 4) is 0 Å². The number of benzene rings is 2. The summed E-state index contributed by atoms with van der Waals surface area (Å²) in [7, 11) is 0. The highest BCUT2D eigenvalue weighted by atomic mass is 35.5. The lowest BCUT2D eigenvalue weighted by molar-refractivity contribution is 0.745. The molecule has 0 bridgehead atoms. The van der Waals surface area contributed by atoms with Crippen molar-refractivity contribution in [1.82, 2.24) is 15.2 Å². The number of rotatable bonds is 3. The van der Waals surface area contributed by atoms with Gasteiger partial charge in [0.25, 0.3) is 0 Å². The molecule has 0 amide bonds. The lowest BCUT2D eigenvalue weighted by Crippen LogP contribution is -2.25. The molecule has 1 aliphatic rings. The monoisotopic (exact) mass is 337 g/mol. The summed E-state index contributed by atoms with van der Waals surface area (Å²) in [6.07, 6.45) is 2.68. The van der Waals surface area contributed by atoms with Crippen molar-refractivity contribution < 1.29 is 0 Å². The molecule has 1 N–H and O–H groups in total. The Bertz CT molecular complexity index is 883. The van der Waals surface area contributed by atoms with E-state index in [9.17, 15) is 0 Å². The summed E-state index contributed by atoms with van der Waals surface area (Å²) < 4.78 is 0. The Kier molecular flexibility index (Phi) is 3.78. The molecule has 0 saturated heterocycles. The van der Waals surface area contributed by atoms with E-state index in [1.54, 1.807) is 6.20 Å². The minimum Gasteiger partial charge on any atom is -0.322 e. The topological polar surface area (TPSA) is 53.9 Å². The van der Waals surface area contributed by atoms with Crippen LogP contribution in [-0.2, 0) is 6.42 Å². The third kappa shape index (κ3) is 2.67. The van der Waals surface area contributed by atoms with Crippen LogP contribution in [0.4, 0.5) is 23.1 Å². The Balaban J connectivity index is 1.67. The molecule has 2 heterocycles. The summed E-state index contributed by atoms with van der Waals surface area (Å²) in [5, 5.41) is 11.9. The molecule has 1 unspecified atom stereocenters. The quantitative estimate of drug-likeness (QED) is 0.770. The average molecular weight is 338 g/mol. The van der Waals surface area contributed by atoms with Crippen LogP contribution in [0, 0.1) is 0 Å². The van der Waals surface area contributed by atoms with E-state index in [4.69, 9.17) is 11.6 Å². The van der Waals surface area contributed by atoms with E-state index in [1.807, 2.05) is 30.3 Å². The lowest BCUT2D eigenvalue weighted by atomic mass is 10.1. The molecular weight excluding hydrogens is 322 g/mol.